The van der Waals surface area contributed by atoms with Crippen molar-refractivity contribution in [3.05, 3.63) is 27.1 Å². The predicted molar refractivity (Wildman–Crippen MR) is 86.8 cm³/mol. The Labute approximate surface area is 140 Å². The summed E-state index contributed by atoms with van der Waals surface area (Å²) in [5.74, 6) is -2.50. The molecular formula is C14H15Br2NO4. The molecule has 0 heterocycles. The number of halogens is 2. The number of carbonyl (C=O) groups excluding carboxylic acids is 2. The van der Waals surface area contributed by atoms with E-state index in [2.05, 4.69) is 36.9 Å². The van der Waals surface area contributed by atoms with E-state index in [1.165, 1.54) is 6.21 Å². The molecular weight excluding hydrogens is 406 g/mol. The van der Waals surface area contributed by atoms with Gasteiger partial charge < -0.3 is 9.47 Å². The Morgan fingerprint density at radius 3 is 2.19 bits per heavy atom. The van der Waals surface area contributed by atoms with Crippen molar-refractivity contribution in [3.8, 4) is 0 Å². The van der Waals surface area contributed by atoms with Gasteiger partial charge in [-0.1, -0.05) is 0 Å². The smallest absolute Gasteiger partial charge is 0.325 e. The molecule has 1 aromatic rings. The van der Waals surface area contributed by atoms with Crippen molar-refractivity contribution in [1.82, 2.24) is 0 Å². The molecule has 0 aliphatic heterocycles. The van der Waals surface area contributed by atoms with Gasteiger partial charge in [0.2, 0.25) is 0 Å². The molecule has 0 aliphatic carbocycles. The van der Waals surface area contributed by atoms with Crippen molar-refractivity contribution in [2.75, 3.05) is 13.2 Å². The minimum atomic E-state index is -1.16. The Bertz CT molecular complexity index is 528. The van der Waals surface area contributed by atoms with Crippen LogP contribution in [-0.2, 0) is 19.1 Å². The first-order valence-electron chi connectivity index (χ1n) is 6.32. The zero-order valence-electron chi connectivity index (χ0n) is 11.6. The molecule has 0 saturated heterocycles. The Balaban J connectivity index is 2.93. The fourth-order valence-corrected chi connectivity index (χ4v) is 2.02. The van der Waals surface area contributed by atoms with E-state index >= 15 is 0 Å². The molecule has 0 fully saturated rings. The van der Waals surface area contributed by atoms with Gasteiger partial charge in [-0.3, -0.25) is 14.6 Å². The minimum Gasteiger partial charge on any atom is -0.465 e. The maximum Gasteiger partial charge on any atom is 0.325 e. The highest BCUT2D eigenvalue weighted by Gasteiger charge is 2.27. The average molecular weight is 421 g/mol. The van der Waals surface area contributed by atoms with Crippen molar-refractivity contribution < 1.29 is 19.1 Å². The molecule has 0 aromatic heterocycles. The first kappa shape index (κ1) is 17.8. The Kier molecular flexibility index (Phi) is 7.60. The zero-order chi connectivity index (χ0) is 15.8. The molecule has 114 valence electrons. The van der Waals surface area contributed by atoms with E-state index < -0.39 is 17.9 Å². The second-order valence-electron chi connectivity index (χ2n) is 3.86. The third kappa shape index (κ3) is 5.59. The van der Waals surface area contributed by atoms with Crippen LogP contribution in [0.15, 0.2) is 32.1 Å². The summed E-state index contributed by atoms with van der Waals surface area (Å²) in [5.41, 5.74) is 0.601. The maximum absolute atomic E-state index is 11.8. The number of rotatable bonds is 6. The van der Waals surface area contributed by atoms with E-state index in [9.17, 15) is 9.59 Å². The fourth-order valence-electron chi connectivity index (χ4n) is 1.41. The van der Waals surface area contributed by atoms with Crippen LogP contribution in [0, 0.1) is 5.92 Å². The van der Waals surface area contributed by atoms with Crippen LogP contribution >= 0.6 is 31.9 Å². The molecule has 0 spiro atoms. The molecule has 0 N–H and O–H groups in total. The van der Waals surface area contributed by atoms with Crippen LogP contribution < -0.4 is 0 Å². The number of benzene rings is 1. The molecule has 21 heavy (non-hydrogen) atoms. The van der Waals surface area contributed by atoms with Crippen LogP contribution in [0.5, 0.6) is 0 Å². The van der Waals surface area contributed by atoms with Gasteiger partial charge in [0.05, 0.1) is 18.9 Å². The lowest BCUT2D eigenvalue weighted by Gasteiger charge is -2.10. The van der Waals surface area contributed by atoms with Crippen molar-refractivity contribution in [3.63, 3.8) is 0 Å². The monoisotopic (exact) mass is 419 g/mol. The van der Waals surface area contributed by atoms with Gasteiger partial charge in [-0.25, -0.2) is 0 Å². The molecule has 0 radical (unpaired) electrons. The predicted octanol–water partition coefficient (Wildman–Crippen LogP) is 3.66. The molecule has 1 rings (SSSR count). The second-order valence-corrected chi connectivity index (χ2v) is 5.57. The number of aliphatic imine (C=N–C) groups is 1. The lowest BCUT2D eigenvalue weighted by atomic mass is 10.1. The number of esters is 2. The molecule has 5 nitrogen and oxygen atoms in total. The van der Waals surface area contributed by atoms with Crippen molar-refractivity contribution in [2.24, 2.45) is 10.9 Å². The number of ether oxygens (including phenoxy) is 2. The van der Waals surface area contributed by atoms with E-state index in [-0.39, 0.29) is 13.2 Å². The summed E-state index contributed by atoms with van der Waals surface area (Å²) in [5, 5.41) is 0. The number of carbonyl (C=O) groups is 2. The van der Waals surface area contributed by atoms with Gasteiger partial charge in [-0.2, -0.15) is 0 Å². The first-order valence-corrected chi connectivity index (χ1v) is 7.90. The van der Waals surface area contributed by atoms with Crippen LogP contribution in [0.2, 0.25) is 0 Å². The average Bonchev–Trinajstić information content (AvgIpc) is 2.43. The Morgan fingerprint density at radius 1 is 1.14 bits per heavy atom. The van der Waals surface area contributed by atoms with E-state index in [0.717, 1.165) is 8.95 Å². The highest BCUT2D eigenvalue weighted by molar-refractivity contribution is 9.13. The topological polar surface area (TPSA) is 65.0 Å². The molecule has 1 aromatic carbocycles. The molecule has 0 atom stereocenters. The van der Waals surface area contributed by atoms with Crippen molar-refractivity contribution in [2.45, 2.75) is 13.8 Å². The van der Waals surface area contributed by atoms with E-state index in [1.54, 1.807) is 32.0 Å². The third-order valence-corrected chi connectivity index (χ3v) is 4.24. The number of hydrogen-bond acceptors (Lipinski definition) is 5. The minimum absolute atomic E-state index is 0.187. The summed E-state index contributed by atoms with van der Waals surface area (Å²) >= 11 is 6.71. The normalized spacial score (nSPS) is 10.9. The second kappa shape index (κ2) is 8.94. The van der Waals surface area contributed by atoms with Crippen molar-refractivity contribution >= 4 is 55.7 Å². The lowest BCUT2D eigenvalue weighted by Crippen LogP contribution is -2.29. The van der Waals surface area contributed by atoms with Gasteiger partial charge in [0.15, 0.2) is 5.92 Å². The molecule has 0 aliphatic rings. The van der Waals surface area contributed by atoms with Crippen LogP contribution in [-0.4, -0.2) is 31.4 Å². The van der Waals surface area contributed by atoms with Gasteiger partial charge in [-0.05, 0) is 63.9 Å². The molecule has 0 saturated carbocycles. The fraction of sp³-hybridized carbons (Fsp3) is 0.357. The lowest BCUT2D eigenvalue weighted by molar-refractivity contribution is -0.157. The van der Waals surface area contributed by atoms with Crippen LogP contribution in [0.25, 0.3) is 0 Å². The number of nitrogens with zero attached hydrogens (tertiary/aromatic N) is 1. The molecule has 0 bridgehead atoms. The highest BCUT2D eigenvalue weighted by Crippen LogP contribution is 2.27. The van der Waals surface area contributed by atoms with E-state index in [1.807, 2.05) is 0 Å². The van der Waals surface area contributed by atoms with Gasteiger partial charge in [0.1, 0.15) is 0 Å². The summed E-state index contributed by atoms with van der Waals surface area (Å²) in [4.78, 5) is 27.7. The summed E-state index contributed by atoms with van der Waals surface area (Å²) in [6.45, 7) is 3.71. The molecule has 7 heteroatoms. The Morgan fingerprint density at radius 2 is 1.71 bits per heavy atom. The Hall–Kier alpha value is -1.21. The van der Waals surface area contributed by atoms with Gasteiger partial charge in [0, 0.05) is 15.2 Å². The summed E-state index contributed by atoms with van der Waals surface area (Å²) < 4.78 is 11.4. The zero-order valence-corrected chi connectivity index (χ0v) is 14.8. The maximum atomic E-state index is 11.8. The highest BCUT2D eigenvalue weighted by atomic mass is 79.9. The van der Waals surface area contributed by atoms with Gasteiger partial charge >= 0.3 is 11.9 Å². The van der Waals surface area contributed by atoms with Crippen LogP contribution in [0.3, 0.4) is 0 Å². The largest absolute Gasteiger partial charge is 0.465 e. The molecule has 0 unspecified atom stereocenters. The van der Waals surface area contributed by atoms with E-state index in [0.29, 0.717) is 5.69 Å². The summed E-state index contributed by atoms with van der Waals surface area (Å²) in [6, 6.07) is 5.31. The standard InChI is InChI=1S/C14H15Br2NO4/c1-3-20-13(18)10(14(19)21-4-2)8-17-9-5-6-11(15)12(16)7-9/h5-8,10H,3-4H2,1-2H3. The summed E-state index contributed by atoms with van der Waals surface area (Å²) in [7, 11) is 0. The van der Waals surface area contributed by atoms with Gasteiger partial charge in [0.25, 0.3) is 0 Å². The quantitative estimate of drug-likeness (QED) is 0.400. The van der Waals surface area contributed by atoms with Crippen LogP contribution in [0.4, 0.5) is 5.69 Å². The third-order valence-electron chi connectivity index (χ3n) is 2.36. The van der Waals surface area contributed by atoms with Crippen molar-refractivity contribution in [1.29, 1.82) is 0 Å². The SMILES string of the molecule is CCOC(=O)C(C=Nc1ccc(Br)c(Br)c1)C(=O)OCC. The van der Waals surface area contributed by atoms with Crippen LogP contribution in [0.1, 0.15) is 13.8 Å². The summed E-state index contributed by atoms with van der Waals surface area (Å²) in [6.07, 6.45) is 1.24. The molecule has 0 amide bonds. The van der Waals surface area contributed by atoms with Gasteiger partial charge in [-0.15, -0.1) is 0 Å². The first-order chi connectivity index (χ1) is 9.99. The number of hydrogen-bond donors (Lipinski definition) is 0. The van der Waals surface area contributed by atoms with E-state index in [4.69, 9.17) is 9.47 Å².